The minimum absolute atomic E-state index is 0.00951. The molecule has 3 N–H and O–H groups in total. The summed E-state index contributed by atoms with van der Waals surface area (Å²) in [6.45, 7) is 22.8. The van der Waals surface area contributed by atoms with Crippen molar-refractivity contribution in [2.75, 3.05) is 10.6 Å². The van der Waals surface area contributed by atoms with Gasteiger partial charge >= 0.3 is 5.97 Å². The van der Waals surface area contributed by atoms with Gasteiger partial charge in [-0.05, 0) is 246 Å². The maximum atomic E-state index is 14.4. The number of benzene rings is 3. The molecule has 0 bridgehead atoms. The van der Waals surface area contributed by atoms with Crippen molar-refractivity contribution in [1.29, 1.82) is 0 Å². The predicted octanol–water partition coefficient (Wildman–Crippen LogP) is 27.4. The zero-order chi connectivity index (χ0) is 97.3. The molecule has 13 heterocycles. The lowest BCUT2D eigenvalue weighted by molar-refractivity contribution is -0.117. The van der Waals surface area contributed by atoms with E-state index < -0.39 is 30.0 Å². The molecule has 0 spiro atoms. The van der Waals surface area contributed by atoms with Crippen LogP contribution in [0.4, 0.5) is 33.3 Å². The Labute approximate surface area is 804 Å². The Morgan fingerprint density at radius 3 is 1.05 bits per heavy atom. The molecule has 724 valence electrons. The number of amides is 2. The van der Waals surface area contributed by atoms with Gasteiger partial charge in [-0.15, -0.1) is 0 Å². The van der Waals surface area contributed by atoms with E-state index in [0.29, 0.717) is 68.7 Å². The number of carbonyl (C=O) groups excluding carboxylic acids is 2. The number of carboxylic acid groups (broad SMARTS) is 1. The number of aryl methyl sites for hydroxylation is 8. The lowest BCUT2D eigenvalue weighted by Crippen LogP contribution is -2.27. The molecule has 5 fully saturated rings. The number of halogens is 5. The topological polar surface area (TPSA) is 289 Å². The summed E-state index contributed by atoms with van der Waals surface area (Å²) in [4.78, 5) is 54.7. The Morgan fingerprint density at radius 1 is 0.410 bits per heavy atom. The van der Waals surface area contributed by atoms with Gasteiger partial charge < -0.3 is 52.1 Å². The summed E-state index contributed by atoms with van der Waals surface area (Å²) in [5, 5.41) is 35.7. The van der Waals surface area contributed by atoms with Gasteiger partial charge in [-0.1, -0.05) is 102 Å². The van der Waals surface area contributed by atoms with Crippen LogP contribution >= 0.6 is 0 Å². The first-order valence-corrected chi connectivity index (χ1v) is 49.1. The molecule has 5 aliphatic carbocycles. The first-order chi connectivity index (χ1) is 66.8. The number of hydrogen-bond acceptors (Lipinski definition) is 16. The van der Waals surface area contributed by atoms with Gasteiger partial charge in [0, 0.05) is 198 Å². The minimum atomic E-state index is -2.82. The number of aromatic carboxylic acids is 1. The van der Waals surface area contributed by atoms with Crippen molar-refractivity contribution >= 4 is 73.3 Å². The second-order valence-electron chi connectivity index (χ2n) is 39.7. The molecule has 0 radical (unpaired) electrons. The fraction of sp³-hybridized carbons (Fsp3) is 0.418. The van der Waals surface area contributed by atoms with Crippen LogP contribution in [0.5, 0.6) is 0 Å². The molecule has 2 amide bonds. The smallest absolute Gasteiger partial charge is 0.335 e. The van der Waals surface area contributed by atoms with E-state index >= 15 is 0 Å². The van der Waals surface area contributed by atoms with Crippen LogP contribution in [0, 0.1) is 85.0 Å². The fourth-order valence-corrected chi connectivity index (χ4v) is 21.0. The summed E-state index contributed by atoms with van der Waals surface area (Å²) >= 11 is 0. The van der Waals surface area contributed by atoms with Crippen LogP contribution in [0.1, 0.15) is 218 Å². The monoisotopic (exact) mass is 1890 g/mol. The Morgan fingerprint density at radius 2 is 0.734 bits per heavy atom. The molecule has 29 heteroatoms. The normalized spacial score (nSPS) is 17.1. The molecule has 0 atom stereocenters. The summed E-state index contributed by atoms with van der Waals surface area (Å²) in [5.74, 6) is -0.730. The minimum Gasteiger partial charge on any atom is -0.478 e. The fourth-order valence-electron chi connectivity index (χ4n) is 21.0. The molecular weight excluding hydrogens is 1770 g/mol. The van der Waals surface area contributed by atoms with Gasteiger partial charge in [0.25, 0.3) is 5.92 Å². The summed E-state index contributed by atoms with van der Waals surface area (Å²) in [6, 6.07) is 31.4. The van der Waals surface area contributed by atoms with E-state index in [0.717, 1.165) is 243 Å². The van der Waals surface area contributed by atoms with Crippen LogP contribution in [0.2, 0.25) is 0 Å². The summed E-state index contributed by atoms with van der Waals surface area (Å²) in [5.41, 5.74) is 27.3. The molecule has 0 unspecified atom stereocenters. The Balaban J connectivity index is 0.000000123. The number of anilines is 2. The number of aromatic nitrogens is 14. The van der Waals surface area contributed by atoms with E-state index in [9.17, 15) is 41.4 Å². The number of nitrogens with zero attached hydrogens (tertiary/aromatic N) is 14. The third kappa shape index (κ3) is 22.0. The van der Waals surface area contributed by atoms with E-state index in [1.807, 2.05) is 148 Å². The van der Waals surface area contributed by atoms with Gasteiger partial charge in [-0.3, -0.25) is 34.2 Å². The predicted molar refractivity (Wildman–Crippen MR) is 530 cm³/mol. The number of fused-ring (bicyclic) bond motifs is 4. The highest BCUT2D eigenvalue weighted by atomic mass is 19.3. The summed E-state index contributed by atoms with van der Waals surface area (Å²) in [6.07, 6.45) is 39.3. The zero-order valence-corrected chi connectivity index (χ0v) is 80.9. The Kier molecular flexibility index (Phi) is 27.9. The first kappa shape index (κ1) is 95.8. The van der Waals surface area contributed by atoms with E-state index in [2.05, 4.69) is 104 Å². The SMILES string of the molecule is CCC(=O)Nc1ccc(-c2cn(CC3CCC(C)(F)CC3)c3cc(-c4c(C)noc4C)cnc23)cc1.Cc1noc(C)c1-c1cnc2c(-c3ccc(C(=O)O)cc3)cn(CC3CCCCC3)c2c1.Cc1noc(C)c1-c1cnc2c(-c3ccc(NC(=O)CC4CC4)cc3)cn(CC3CCC(F)(F)CC3)c2c1.Cc1noc(C)c1-c1cnc2c(-c3cnn(CC(C)(F)F)c3)cn(CC3CCCCC3)c2c1. The lowest BCUT2D eigenvalue weighted by atomic mass is 9.81. The third-order valence-corrected chi connectivity index (χ3v) is 28.7. The third-order valence-electron chi connectivity index (χ3n) is 28.7. The summed E-state index contributed by atoms with van der Waals surface area (Å²) in [7, 11) is 0. The number of carboxylic acids is 1. The van der Waals surface area contributed by atoms with Crippen LogP contribution in [0.15, 0.2) is 177 Å². The van der Waals surface area contributed by atoms with Crippen molar-refractivity contribution in [1.82, 2.24) is 68.6 Å². The maximum absolute atomic E-state index is 14.4. The number of alkyl halides is 5. The highest BCUT2D eigenvalue weighted by Crippen LogP contribution is 2.46. The molecule has 21 rings (SSSR count). The quantitative estimate of drug-likeness (QED) is 0.0474. The average Bonchev–Trinajstić information content (AvgIpc) is 1.63. The van der Waals surface area contributed by atoms with E-state index in [4.69, 9.17) is 38.0 Å². The van der Waals surface area contributed by atoms with Crippen molar-refractivity contribution in [3.8, 4) is 89.0 Å². The highest BCUT2D eigenvalue weighted by Gasteiger charge is 2.37. The lowest BCUT2D eigenvalue weighted by Gasteiger charge is -2.31. The van der Waals surface area contributed by atoms with Gasteiger partial charge in [0.05, 0.1) is 78.7 Å². The van der Waals surface area contributed by atoms with Crippen LogP contribution in [-0.2, 0) is 42.3 Å². The van der Waals surface area contributed by atoms with Crippen molar-refractivity contribution in [2.45, 2.75) is 268 Å². The Bertz CT molecular complexity index is 7020. The number of nitrogens with one attached hydrogen (secondary N) is 2. The van der Waals surface area contributed by atoms with Crippen molar-refractivity contribution in [3.05, 3.63) is 210 Å². The maximum Gasteiger partial charge on any atom is 0.335 e. The Hall–Kier alpha value is -13.5. The largest absolute Gasteiger partial charge is 0.478 e. The number of hydrogen-bond donors (Lipinski definition) is 3. The van der Waals surface area contributed by atoms with E-state index in [1.54, 1.807) is 31.5 Å². The van der Waals surface area contributed by atoms with Gasteiger partial charge in [-0.25, -0.2) is 26.7 Å². The highest BCUT2D eigenvalue weighted by molar-refractivity contribution is 6.00. The first-order valence-electron chi connectivity index (χ1n) is 49.1. The number of carbonyl (C=O) groups is 3. The van der Waals surface area contributed by atoms with Crippen molar-refractivity contribution in [3.63, 3.8) is 0 Å². The molecule has 0 aliphatic heterocycles. The van der Waals surface area contributed by atoms with Gasteiger partial charge in [-0.2, -0.15) is 5.10 Å². The van der Waals surface area contributed by atoms with Gasteiger partial charge in [0.1, 0.15) is 35.3 Å². The van der Waals surface area contributed by atoms with Gasteiger partial charge in [0.15, 0.2) is 0 Å². The van der Waals surface area contributed by atoms with E-state index in [-0.39, 0.29) is 36.1 Å². The van der Waals surface area contributed by atoms with Crippen LogP contribution < -0.4 is 10.6 Å². The van der Waals surface area contributed by atoms with Crippen molar-refractivity contribution in [2.24, 2.45) is 29.6 Å². The number of rotatable bonds is 24. The summed E-state index contributed by atoms with van der Waals surface area (Å²) < 4.78 is 101. The molecule has 0 saturated heterocycles. The van der Waals surface area contributed by atoms with Gasteiger partial charge in [0.2, 0.25) is 17.7 Å². The molecule has 3 aromatic carbocycles. The van der Waals surface area contributed by atoms with E-state index in [1.165, 1.54) is 68.9 Å². The standard InChI is InChI=1S/C30H32F2N4O2.C29H33FN4O2.C26H27N3O3.C25H29F2N5O/c1-18-28(19(2)38-35-18)23-14-26-29(33-15-23)25(17-36(26)16-21-9-11-30(31,32)12-10-21)22-5-7-24(8-6-22)34-27(37)13-20-3-4-20;1-5-26(35)32-23-8-6-21(7-9-23)24-17-34(16-20-10-12-29(4,30)13-11-20)25-14-22(15-31-28(24)25)27-18(2)33-36-19(27)3;1-16-24(17(2)32-28-16)21-12-23-25(27-13-21)22(19-8-10-20(11-9-19)26(30)31)15-29(23)14-18-6-4-3-5-7-18;1-16-23(17(2)33-30-16)19-9-22-24(28-10-19)21(14-31(22)12-18-7-5-4-6-8-18)20-11-29-32(13-20)15-25(3,26)27/h5-8,14-15,17,20-21H,3-4,9-13,16H2,1-2H3,(H,34,37);6-9,14-15,17,20H,5,10-13,16H2,1-4H3,(H,32,35);8-13,15,18H,3-7,14H2,1-2H3,(H,30,31);9-11,13-14,18H,4-8,12,15H2,1-3H3. The molecule has 13 aromatic heterocycles. The molecule has 24 nitrogen and oxygen atoms in total. The molecule has 5 saturated carbocycles. The van der Waals surface area contributed by atoms with Crippen molar-refractivity contribution < 1.29 is 59.5 Å². The average molecular weight is 1890 g/mol. The molecule has 139 heavy (non-hydrogen) atoms. The second-order valence-corrected chi connectivity index (χ2v) is 39.7. The molecule has 16 aromatic rings. The zero-order valence-electron chi connectivity index (χ0n) is 80.9. The van der Waals surface area contributed by atoms with Crippen LogP contribution in [0.25, 0.3) is 133 Å². The van der Waals surface area contributed by atoms with Crippen LogP contribution in [-0.4, -0.2) is 109 Å². The van der Waals surface area contributed by atoms with Crippen LogP contribution in [0.3, 0.4) is 0 Å². The number of pyridine rings is 4. The molecular formula is C110H121F5N16O8. The molecule has 5 aliphatic rings. The second kappa shape index (κ2) is 40.5.